The molecule has 0 aromatic rings. The van der Waals surface area contributed by atoms with Crippen molar-refractivity contribution in [3.05, 3.63) is 0 Å². The molecule has 0 amide bonds. The highest BCUT2D eigenvalue weighted by molar-refractivity contribution is 5.92. The topological polar surface area (TPSA) is 17.1 Å². The van der Waals surface area contributed by atoms with Gasteiger partial charge in [0.25, 0.3) is 0 Å². The molecule has 4 fully saturated rings. The molecule has 4 rings (SSSR count). The van der Waals surface area contributed by atoms with Crippen LogP contribution in [0.4, 0.5) is 4.39 Å². The van der Waals surface area contributed by atoms with Crippen LogP contribution in [0.1, 0.15) is 59.3 Å². The predicted octanol–water partition coefficient (Wildman–Crippen LogP) is 4.16. The molecule has 1 atom stereocenters. The lowest BCUT2D eigenvalue weighted by Gasteiger charge is -2.57. The first-order valence-electron chi connectivity index (χ1n) is 7.57. The molecule has 0 aromatic heterocycles. The Morgan fingerprint density at radius 2 is 1.50 bits per heavy atom. The zero-order valence-electron chi connectivity index (χ0n) is 11.8. The summed E-state index contributed by atoms with van der Waals surface area (Å²) in [4.78, 5) is 12.8. The van der Waals surface area contributed by atoms with E-state index in [2.05, 4.69) is 0 Å². The third kappa shape index (κ3) is 1.67. The normalized spacial score (nSPS) is 45.3. The summed E-state index contributed by atoms with van der Waals surface area (Å²) in [5, 5.41) is 0. The van der Waals surface area contributed by atoms with Gasteiger partial charge in [-0.3, -0.25) is 4.79 Å². The Bertz CT molecular complexity index is 334. The number of ketones is 1. The van der Waals surface area contributed by atoms with Crippen LogP contribution in [-0.2, 0) is 4.79 Å². The average molecular weight is 252 g/mol. The molecule has 0 aliphatic heterocycles. The van der Waals surface area contributed by atoms with Crippen LogP contribution in [0, 0.1) is 29.1 Å². The smallest absolute Gasteiger partial charge is 0.176 e. The number of hydrogen-bond donors (Lipinski definition) is 0. The number of rotatable bonds is 3. The molecule has 1 unspecified atom stereocenters. The Morgan fingerprint density at radius 3 is 1.83 bits per heavy atom. The molecule has 0 heterocycles. The van der Waals surface area contributed by atoms with Crippen LogP contribution in [0.2, 0.25) is 0 Å². The largest absolute Gasteiger partial charge is 0.295 e. The molecule has 0 N–H and O–H groups in total. The Labute approximate surface area is 110 Å². The number of carbonyl (C=O) groups is 1. The number of alkyl halides is 1. The molecule has 4 saturated carbocycles. The summed E-state index contributed by atoms with van der Waals surface area (Å²) in [5.74, 6) is 1.86. The minimum atomic E-state index is -1.63. The van der Waals surface area contributed by atoms with Crippen molar-refractivity contribution in [3.63, 3.8) is 0 Å². The van der Waals surface area contributed by atoms with Gasteiger partial charge < -0.3 is 0 Å². The molecule has 0 radical (unpaired) electrons. The molecule has 4 bridgehead atoms. The van der Waals surface area contributed by atoms with Gasteiger partial charge in [0.1, 0.15) is 0 Å². The van der Waals surface area contributed by atoms with Crippen molar-refractivity contribution in [1.82, 2.24) is 0 Å². The molecule has 1 nitrogen and oxygen atoms in total. The van der Waals surface area contributed by atoms with Crippen molar-refractivity contribution in [3.8, 4) is 0 Å². The summed E-state index contributed by atoms with van der Waals surface area (Å²) in [6.45, 7) is 5.18. The highest BCUT2D eigenvalue weighted by atomic mass is 19.1. The summed E-state index contributed by atoms with van der Waals surface area (Å²) in [6, 6.07) is 0. The van der Waals surface area contributed by atoms with Gasteiger partial charge in [0.05, 0.1) is 0 Å². The second-order valence-electron chi connectivity index (χ2n) is 7.76. The van der Waals surface area contributed by atoms with Crippen molar-refractivity contribution in [1.29, 1.82) is 0 Å². The molecular formula is C16H25FO. The fourth-order valence-corrected chi connectivity index (χ4v) is 5.17. The van der Waals surface area contributed by atoms with Crippen LogP contribution in [0.25, 0.3) is 0 Å². The van der Waals surface area contributed by atoms with Crippen LogP contribution >= 0.6 is 0 Å². The Hall–Kier alpha value is -0.400. The van der Waals surface area contributed by atoms with E-state index in [-0.39, 0.29) is 17.1 Å². The average Bonchev–Trinajstić information content (AvgIpc) is 2.25. The van der Waals surface area contributed by atoms with E-state index in [1.807, 2.05) is 13.8 Å². The van der Waals surface area contributed by atoms with Crippen molar-refractivity contribution in [2.24, 2.45) is 29.1 Å². The zero-order valence-corrected chi connectivity index (χ0v) is 11.8. The number of carbonyl (C=O) groups excluding carboxylic acids is 1. The maximum absolute atomic E-state index is 14.8. The van der Waals surface area contributed by atoms with Crippen molar-refractivity contribution in [2.45, 2.75) is 65.0 Å². The molecule has 102 valence electrons. The summed E-state index contributed by atoms with van der Waals surface area (Å²) in [7, 11) is 0. The summed E-state index contributed by atoms with van der Waals surface area (Å²) in [5.41, 5.74) is -1.92. The van der Waals surface area contributed by atoms with Gasteiger partial charge in [0.15, 0.2) is 11.5 Å². The quantitative estimate of drug-likeness (QED) is 0.737. The third-order valence-electron chi connectivity index (χ3n) is 6.05. The monoisotopic (exact) mass is 252 g/mol. The van der Waals surface area contributed by atoms with Gasteiger partial charge >= 0.3 is 0 Å². The maximum Gasteiger partial charge on any atom is 0.176 e. The second kappa shape index (κ2) is 3.80. The van der Waals surface area contributed by atoms with Gasteiger partial charge in [0.2, 0.25) is 0 Å². The summed E-state index contributed by atoms with van der Waals surface area (Å²) in [6.07, 6.45) is 6.84. The molecule has 18 heavy (non-hydrogen) atoms. The SMILES string of the molecule is CC(C)C(C)(F)C(=O)C12CC3CC(CC(C3)C1)C2. The standard InChI is InChI=1S/C16H25FO/c1-10(2)15(3,17)14(18)16-7-11-4-12(8-16)6-13(5-11)9-16/h10-13H,4-9H2,1-3H3. The van der Waals surface area contributed by atoms with E-state index in [4.69, 9.17) is 0 Å². The van der Waals surface area contributed by atoms with E-state index in [0.29, 0.717) is 17.8 Å². The lowest BCUT2D eigenvalue weighted by Crippen LogP contribution is -2.56. The van der Waals surface area contributed by atoms with Gasteiger partial charge in [-0.05, 0) is 69.1 Å². The van der Waals surface area contributed by atoms with E-state index in [1.54, 1.807) is 0 Å². The van der Waals surface area contributed by atoms with E-state index < -0.39 is 5.67 Å². The van der Waals surface area contributed by atoms with Crippen molar-refractivity contribution in [2.75, 3.05) is 0 Å². The highest BCUT2D eigenvalue weighted by Crippen LogP contribution is 2.61. The lowest BCUT2D eigenvalue weighted by atomic mass is 9.47. The molecule has 2 heteroatoms. The van der Waals surface area contributed by atoms with Gasteiger partial charge in [-0.1, -0.05) is 13.8 Å². The third-order valence-corrected chi connectivity index (χ3v) is 6.05. The van der Waals surface area contributed by atoms with E-state index in [0.717, 1.165) is 19.3 Å². The first-order chi connectivity index (χ1) is 8.33. The van der Waals surface area contributed by atoms with Gasteiger partial charge in [0, 0.05) is 5.41 Å². The van der Waals surface area contributed by atoms with Crippen molar-refractivity contribution >= 4 is 5.78 Å². The second-order valence-corrected chi connectivity index (χ2v) is 7.76. The van der Waals surface area contributed by atoms with Crippen LogP contribution in [0.15, 0.2) is 0 Å². The molecule has 0 spiro atoms. The number of halogens is 1. The molecule has 0 saturated heterocycles. The fourth-order valence-electron chi connectivity index (χ4n) is 5.17. The minimum Gasteiger partial charge on any atom is -0.295 e. The van der Waals surface area contributed by atoms with Crippen molar-refractivity contribution < 1.29 is 9.18 Å². The highest BCUT2D eigenvalue weighted by Gasteiger charge is 2.58. The Balaban J connectivity index is 1.89. The molecule has 4 aliphatic rings. The molecule has 4 aliphatic carbocycles. The summed E-state index contributed by atoms with van der Waals surface area (Å²) < 4.78 is 14.8. The summed E-state index contributed by atoms with van der Waals surface area (Å²) >= 11 is 0. The van der Waals surface area contributed by atoms with E-state index in [9.17, 15) is 9.18 Å². The lowest BCUT2D eigenvalue weighted by molar-refractivity contribution is -0.158. The molecular weight excluding hydrogens is 227 g/mol. The van der Waals surface area contributed by atoms with Gasteiger partial charge in [-0.15, -0.1) is 0 Å². The van der Waals surface area contributed by atoms with Gasteiger partial charge in [-0.25, -0.2) is 4.39 Å². The number of Topliss-reactive ketones (excluding diaryl/α,β-unsaturated/α-hetero) is 1. The molecule has 0 aromatic carbocycles. The van der Waals surface area contributed by atoms with Crippen LogP contribution in [0.3, 0.4) is 0 Å². The first-order valence-corrected chi connectivity index (χ1v) is 7.57. The van der Waals surface area contributed by atoms with Crippen LogP contribution in [-0.4, -0.2) is 11.5 Å². The van der Waals surface area contributed by atoms with Crippen LogP contribution < -0.4 is 0 Å². The maximum atomic E-state index is 14.8. The Morgan fingerprint density at radius 1 is 1.11 bits per heavy atom. The van der Waals surface area contributed by atoms with Gasteiger partial charge in [-0.2, -0.15) is 0 Å². The first kappa shape index (κ1) is 12.6. The fraction of sp³-hybridized carbons (Fsp3) is 0.938. The van der Waals surface area contributed by atoms with E-state index >= 15 is 0 Å². The zero-order chi connectivity index (χ0) is 13.1. The van der Waals surface area contributed by atoms with Crippen LogP contribution in [0.5, 0.6) is 0 Å². The predicted molar refractivity (Wildman–Crippen MR) is 70.0 cm³/mol. The number of hydrogen-bond acceptors (Lipinski definition) is 1. The minimum absolute atomic E-state index is 0.0656. The Kier molecular flexibility index (Phi) is 2.67. The van der Waals surface area contributed by atoms with E-state index in [1.165, 1.54) is 26.2 Å².